The van der Waals surface area contributed by atoms with Gasteiger partial charge >= 0.3 is 11.9 Å². The molecule has 2 aliphatic carbocycles. The van der Waals surface area contributed by atoms with Crippen LogP contribution in [0.1, 0.15) is 12.8 Å². The molecule has 1 fully saturated rings. The summed E-state index contributed by atoms with van der Waals surface area (Å²) < 4.78 is 0. The van der Waals surface area contributed by atoms with Gasteiger partial charge in [-0.05, 0) is 18.4 Å². The first-order valence-electron chi connectivity index (χ1n) is 4.33. The summed E-state index contributed by atoms with van der Waals surface area (Å²) in [6.07, 6.45) is 0.790. The van der Waals surface area contributed by atoms with Crippen molar-refractivity contribution in [2.75, 3.05) is 0 Å². The topological polar surface area (TPSA) is 94.8 Å². The quantitative estimate of drug-likeness (QED) is 0.536. The molecular weight excluding hydrogens is 188 g/mol. The van der Waals surface area contributed by atoms with E-state index in [1.54, 1.807) is 6.08 Å². The van der Waals surface area contributed by atoms with E-state index in [4.69, 9.17) is 10.2 Å². The Labute approximate surface area is 79.7 Å². The van der Waals surface area contributed by atoms with Crippen LogP contribution in [0, 0.1) is 11.3 Å². The van der Waals surface area contributed by atoms with Crippen LogP contribution in [0.5, 0.6) is 0 Å². The summed E-state index contributed by atoms with van der Waals surface area (Å²) >= 11 is 0. The van der Waals surface area contributed by atoms with Crippen LogP contribution < -0.4 is 0 Å². The Morgan fingerprint density at radius 3 is 2.43 bits per heavy atom. The van der Waals surface area contributed by atoms with Crippen molar-refractivity contribution < 1.29 is 24.9 Å². The highest BCUT2D eigenvalue weighted by Crippen LogP contribution is 2.54. The third-order valence-corrected chi connectivity index (χ3v) is 3.30. The van der Waals surface area contributed by atoms with Crippen molar-refractivity contribution in [2.24, 2.45) is 11.3 Å². The van der Waals surface area contributed by atoms with Crippen LogP contribution in [0.25, 0.3) is 0 Å². The zero-order valence-electron chi connectivity index (χ0n) is 7.30. The van der Waals surface area contributed by atoms with Crippen molar-refractivity contribution in [1.29, 1.82) is 0 Å². The van der Waals surface area contributed by atoms with Crippen molar-refractivity contribution in [3.05, 3.63) is 11.6 Å². The average molecular weight is 198 g/mol. The number of aliphatic hydroxyl groups is 1. The van der Waals surface area contributed by atoms with Crippen LogP contribution in [-0.4, -0.2) is 33.4 Å². The molecule has 14 heavy (non-hydrogen) atoms. The number of carboxylic acids is 2. The second-order valence-electron chi connectivity index (χ2n) is 3.83. The Morgan fingerprint density at radius 1 is 1.43 bits per heavy atom. The molecule has 0 heterocycles. The Morgan fingerprint density at radius 2 is 2.07 bits per heavy atom. The van der Waals surface area contributed by atoms with Crippen LogP contribution in [-0.2, 0) is 9.59 Å². The van der Waals surface area contributed by atoms with E-state index < -0.39 is 29.4 Å². The fraction of sp³-hybridized carbons (Fsp3) is 0.556. The average Bonchev–Trinajstić information content (AvgIpc) is 2.58. The molecule has 5 heteroatoms. The second kappa shape index (κ2) is 2.57. The highest BCUT2D eigenvalue weighted by molar-refractivity contribution is 5.87. The number of carboxylic acid groups (broad SMARTS) is 2. The van der Waals surface area contributed by atoms with Gasteiger partial charge in [-0.25, -0.2) is 0 Å². The Kier molecular flexibility index (Phi) is 1.69. The molecule has 0 spiro atoms. The van der Waals surface area contributed by atoms with E-state index in [1.165, 1.54) is 0 Å². The van der Waals surface area contributed by atoms with Gasteiger partial charge in [0.25, 0.3) is 0 Å². The Balaban J connectivity index is 2.46. The molecule has 0 aliphatic heterocycles. The van der Waals surface area contributed by atoms with Crippen molar-refractivity contribution >= 4 is 11.9 Å². The molecule has 3 N–H and O–H groups in total. The highest BCUT2D eigenvalue weighted by Gasteiger charge is 2.62. The van der Waals surface area contributed by atoms with E-state index in [2.05, 4.69) is 0 Å². The van der Waals surface area contributed by atoms with E-state index >= 15 is 0 Å². The third kappa shape index (κ3) is 0.824. The normalized spacial score (nSPS) is 39.6. The standard InChI is InChI=1S/C9H10O5/c10-6-4-1-2-9(6,8(13)14)5(3-4)7(11)12/h1,5-6,10H,2-3H2,(H,11,12)(H,13,14). The second-order valence-corrected chi connectivity index (χ2v) is 3.83. The first-order chi connectivity index (χ1) is 6.50. The molecule has 0 aromatic heterocycles. The van der Waals surface area contributed by atoms with Gasteiger partial charge < -0.3 is 15.3 Å². The molecule has 2 aliphatic rings. The molecule has 0 saturated heterocycles. The molecule has 3 unspecified atom stereocenters. The third-order valence-electron chi connectivity index (χ3n) is 3.30. The summed E-state index contributed by atoms with van der Waals surface area (Å²) in [7, 11) is 0. The van der Waals surface area contributed by atoms with E-state index in [-0.39, 0.29) is 12.8 Å². The van der Waals surface area contributed by atoms with Crippen LogP contribution in [0.4, 0.5) is 0 Å². The SMILES string of the molecule is O=C(O)C1CC2=CCC1(C(=O)O)C2O. The summed E-state index contributed by atoms with van der Waals surface area (Å²) in [5, 5.41) is 27.5. The Bertz CT molecular complexity index is 345. The molecule has 3 atom stereocenters. The van der Waals surface area contributed by atoms with Gasteiger partial charge in [0.15, 0.2) is 0 Å². The predicted molar refractivity (Wildman–Crippen MR) is 44.5 cm³/mol. The Hall–Kier alpha value is -1.36. The molecular formula is C9H10O5. The fourth-order valence-electron chi connectivity index (χ4n) is 2.46. The summed E-state index contributed by atoms with van der Waals surface area (Å²) in [5.41, 5.74) is -0.957. The number of aliphatic hydroxyl groups excluding tert-OH is 1. The van der Waals surface area contributed by atoms with Crippen LogP contribution >= 0.6 is 0 Å². The molecule has 5 nitrogen and oxygen atoms in total. The lowest BCUT2D eigenvalue weighted by atomic mass is 9.75. The number of allylic oxidation sites excluding steroid dienone is 1. The maximum absolute atomic E-state index is 11.0. The van der Waals surface area contributed by atoms with Gasteiger partial charge in [-0.3, -0.25) is 9.59 Å². The monoisotopic (exact) mass is 198 g/mol. The predicted octanol–water partition coefficient (Wildman–Crippen LogP) is -0.147. The zero-order valence-corrected chi connectivity index (χ0v) is 7.30. The summed E-state index contributed by atoms with van der Waals surface area (Å²) in [4.78, 5) is 21.9. The van der Waals surface area contributed by atoms with Gasteiger partial charge in [0.05, 0.1) is 12.0 Å². The van der Waals surface area contributed by atoms with E-state index in [9.17, 15) is 14.7 Å². The van der Waals surface area contributed by atoms with Crippen molar-refractivity contribution in [1.82, 2.24) is 0 Å². The number of aliphatic carboxylic acids is 2. The van der Waals surface area contributed by atoms with Crippen LogP contribution in [0.2, 0.25) is 0 Å². The van der Waals surface area contributed by atoms with Crippen molar-refractivity contribution in [2.45, 2.75) is 18.9 Å². The lowest BCUT2D eigenvalue weighted by Gasteiger charge is -2.28. The number of carbonyl (C=O) groups is 2. The molecule has 0 radical (unpaired) electrons. The minimum atomic E-state index is -1.51. The molecule has 2 rings (SSSR count). The summed E-state index contributed by atoms with van der Waals surface area (Å²) in [6, 6.07) is 0. The lowest BCUT2D eigenvalue weighted by Crippen LogP contribution is -2.44. The highest BCUT2D eigenvalue weighted by atomic mass is 16.4. The summed E-state index contributed by atoms with van der Waals surface area (Å²) in [5.74, 6) is -3.36. The van der Waals surface area contributed by atoms with E-state index in [0.717, 1.165) is 0 Å². The largest absolute Gasteiger partial charge is 0.481 e. The fourth-order valence-corrected chi connectivity index (χ4v) is 2.46. The lowest BCUT2D eigenvalue weighted by molar-refractivity contribution is -0.165. The van der Waals surface area contributed by atoms with E-state index in [0.29, 0.717) is 5.57 Å². The van der Waals surface area contributed by atoms with E-state index in [1.807, 2.05) is 0 Å². The zero-order chi connectivity index (χ0) is 10.5. The van der Waals surface area contributed by atoms with Crippen LogP contribution in [0.3, 0.4) is 0 Å². The van der Waals surface area contributed by atoms with Crippen molar-refractivity contribution in [3.63, 3.8) is 0 Å². The molecule has 1 saturated carbocycles. The maximum Gasteiger partial charge on any atom is 0.313 e. The molecule has 2 bridgehead atoms. The first-order valence-corrected chi connectivity index (χ1v) is 4.33. The van der Waals surface area contributed by atoms with Gasteiger partial charge in [0.2, 0.25) is 0 Å². The number of hydrogen-bond donors (Lipinski definition) is 3. The molecule has 0 aromatic carbocycles. The van der Waals surface area contributed by atoms with Crippen molar-refractivity contribution in [3.8, 4) is 0 Å². The number of hydrogen-bond acceptors (Lipinski definition) is 3. The smallest absolute Gasteiger partial charge is 0.313 e. The first kappa shape index (κ1) is 9.21. The van der Waals surface area contributed by atoms with Gasteiger partial charge in [-0.2, -0.15) is 0 Å². The molecule has 0 amide bonds. The number of fused-ring (bicyclic) bond motifs is 2. The molecule has 76 valence electrons. The maximum atomic E-state index is 11.0. The number of rotatable bonds is 2. The van der Waals surface area contributed by atoms with Gasteiger partial charge in [0.1, 0.15) is 5.41 Å². The van der Waals surface area contributed by atoms with Gasteiger partial charge in [-0.15, -0.1) is 0 Å². The van der Waals surface area contributed by atoms with Gasteiger partial charge in [-0.1, -0.05) is 6.08 Å². The molecule has 0 aromatic rings. The minimum absolute atomic E-state index is 0.121. The minimum Gasteiger partial charge on any atom is -0.481 e. The van der Waals surface area contributed by atoms with Gasteiger partial charge in [0, 0.05) is 0 Å². The summed E-state index contributed by atoms with van der Waals surface area (Å²) in [6.45, 7) is 0. The van der Waals surface area contributed by atoms with Crippen LogP contribution in [0.15, 0.2) is 11.6 Å².